The van der Waals surface area contributed by atoms with E-state index in [4.69, 9.17) is 9.15 Å². The fourth-order valence-corrected chi connectivity index (χ4v) is 1.44. The molecule has 77 valence electrons. The molecule has 3 aromatic rings. The van der Waals surface area contributed by atoms with E-state index in [0.29, 0.717) is 5.75 Å². The summed E-state index contributed by atoms with van der Waals surface area (Å²) in [6, 6.07) is 17.6. The van der Waals surface area contributed by atoms with Gasteiger partial charge in [-0.3, -0.25) is 0 Å². The normalized spacial score (nSPS) is 10.5. The molecule has 3 nitrogen and oxygen atoms in total. The van der Waals surface area contributed by atoms with Crippen LogP contribution in [0.5, 0.6) is 11.8 Å². The van der Waals surface area contributed by atoms with E-state index in [1.807, 2.05) is 24.3 Å². The fraction of sp³-hybridized carbons (Fsp3) is 0. The van der Waals surface area contributed by atoms with E-state index >= 15 is 0 Å². The van der Waals surface area contributed by atoms with Crippen molar-refractivity contribution in [1.29, 1.82) is 0 Å². The highest BCUT2D eigenvalue weighted by molar-refractivity contribution is 5.72. The largest absolute Gasteiger partial charge is 0.411 e. The fourth-order valence-electron chi connectivity index (χ4n) is 1.44. The first-order chi connectivity index (χ1) is 7.92. The maximum absolute atomic E-state index is 5.47. The number of nitrogens with zero attached hydrogens (tertiary/aromatic N) is 1. The molecule has 0 fully saturated rings. The van der Waals surface area contributed by atoms with Gasteiger partial charge < -0.3 is 9.15 Å². The number of hydrogen-bond acceptors (Lipinski definition) is 3. The average molecular weight is 210 g/mol. The van der Waals surface area contributed by atoms with Gasteiger partial charge in [0.1, 0.15) is 11.3 Å². The zero-order valence-corrected chi connectivity index (χ0v) is 8.38. The molecular formula is C13H8NO2. The minimum Gasteiger partial charge on any atom is -0.411 e. The second-order valence-electron chi connectivity index (χ2n) is 3.29. The van der Waals surface area contributed by atoms with Crippen LogP contribution >= 0.6 is 0 Å². The third-order valence-electron chi connectivity index (χ3n) is 2.17. The van der Waals surface area contributed by atoms with Gasteiger partial charge in [0.05, 0.1) is 0 Å². The molecule has 0 atom stereocenters. The number of oxazole rings is 1. The van der Waals surface area contributed by atoms with Crippen molar-refractivity contribution in [2.75, 3.05) is 0 Å². The van der Waals surface area contributed by atoms with E-state index in [9.17, 15) is 0 Å². The Morgan fingerprint density at radius 2 is 1.88 bits per heavy atom. The number of para-hydroxylation sites is 2. The van der Waals surface area contributed by atoms with Crippen molar-refractivity contribution in [2.45, 2.75) is 0 Å². The molecule has 0 unspecified atom stereocenters. The molecule has 0 spiro atoms. The molecule has 1 radical (unpaired) electrons. The quantitative estimate of drug-likeness (QED) is 0.650. The highest BCUT2D eigenvalue weighted by Crippen LogP contribution is 2.24. The Bertz CT molecular complexity index is 568. The molecular weight excluding hydrogens is 202 g/mol. The Labute approximate surface area is 92.3 Å². The monoisotopic (exact) mass is 210 g/mol. The molecule has 2 aromatic carbocycles. The molecule has 16 heavy (non-hydrogen) atoms. The summed E-state index contributed by atoms with van der Waals surface area (Å²) in [6.45, 7) is 0. The zero-order chi connectivity index (χ0) is 10.8. The lowest BCUT2D eigenvalue weighted by Gasteiger charge is -1.97. The second-order valence-corrected chi connectivity index (χ2v) is 3.29. The highest BCUT2D eigenvalue weighted by atomic mass is 16.6. The molecule has 3 heteroatoms. The van der Waals surface area contributed by atoms with Gasteiger partial charge in [0.25, 0.3) is 0 Å². The highest BCUT2D eigenvalue weighted by Gasteiger charge is 2.06. The average Bonchev–Trinajstić information content (AvgIpc) is 2.72. The molecule has 0 saturated carbocycles. The van der Waals surface area contributed by atoms with Gasteiger partial charge in [0.15, 0.2) is 5.58 Å². The van der Waals surface area contributed by atoms with E-state index in [1.165, 1.54) is 0 Å². The van der Waals surface area contributed by atoms with Crippen molar-refractivity contribution in [1.82, 2.24) is 4.98 Å². The van der Waals surface area contributed by atoms with Crippen LogP contribution < -0.4 is 4.74 Å². The Morgan fingerprint density at radius 1 is 1.06 bits per heavy atom. The summed E-state index contributed by atoms with van der Waals surface area (Å²) in [4.78, 5) is 4.21. The number of ether oxygens (including phenoxy) is 1. The van der Waals surface area contributed by atoms with Crippen LogP contribution in [0.25, 0.3) is 11.1 Å². The summed E-state index contributed by atoms with van der Waals surface area (Å²) in [6.07, 6.45) is 0.257. The van der Waals surface area contributed by atoms with Crippen LogP contribution in [0, 0.1) is 6.07 Å². The predicted octanol–water partition coefficient (Wildman–Crippen LogP) is 3.42. The molecule has 0 amide bonds. The SMILES string of the molecule is [c]1ccc(Oc2nc3ccccc3o2)cc1. The van der Waals surface area contributed by atoms with Crippen molar-refractivity contribution in [3.05, 3.63) is 54.6 Å². The Hall–Kier alpha value is -2.29. The van der Waals surface area contributed by atoms with Gasteiger partial charge in [-0.25, -0.2) is 0 Å². The maximum atomic E-state index is 5.47. The van der Waals surface area contributed by atoms with Crippen molar-refractivity contribution >= 4 is 11.1 Å². The number of hydrogen-bond donors (Lipinski definition) is 0. The third kappa shape index (κ3) is 1.63. The first kappa shape index (κ1) is 8.97. The van der Waals surface area contributed by atoms with Crippen molar-refractivity contribution in [3.8, 4) is 11.8 Å². The summed E-state index contributed by atoms with van der Waals surface area (Å²) < 4.78 is 10.9. The van der Waals surface area contributed by atoms with E-state index < -0.39 is 0 Å². The molecule has 1 heterocycles. The van der Waals surface area contributed by atoms with Gasteiger partial charge in [0.2, 0.25) is 0 Å². The first-order valence-electron chi connectivity index (χ1n) is 4.91. The van der Waals surface area contributed by atoms with Gasteiger partial charge in [-0.15, -0.1) is 0 Å². The van der Waals surface area contributed by atoms with Gasteiger partial charge in [-0.2, -0.15) is 4.98 Å². The molecule has 1 aromatic heterocycles. The van der Waals surface area contributed by atoms with E-state index in [-0.39, 0.29) is 6.08 Å². The summed E-state index contributed by atoms with van der Waals surface area (Å²) in [5.41, 5.74) is 1.51. The number of fused-ring (bicyclic) bond motifs is 1. The number of rotatable bonds is 2. The van der Waals surface area contributed by atoms with Gasteiger partial charge in [-0.05, 0) is 30.3 Å². The van der Waals surface area contributed by atoms with E-state index in [2.05, 4.69) is 11.1 Å². The summed E-state index contributed by atoms with van der Waals surface area (Å²) in [5, 5.41) is 0. The Kier molecular flexibility index (Phi) is 2.07. The zero-order valence-electron chi connectivity index (χ0n) is 8.38. The summed E-state index contributed by atoms with van der Waals surface area (Å²) in [5.74, 6) is 0.685. The Balaban J connectivity index is 1.95. The van der Waals surface area contributed by atoms with Crippen LogP contribution in [0.2, 0.25) is 0 Å². The van der Waals surface area contributed by atoms with Crippen molar-refractivity contribution < 1.29 is 9.15 Å². The van der Waals surface area contributed by atoms with Crippen molar-refractivity contribution in [2.24, 2.45) is 0 Å². The molecule has 0 aliphatic rings. The number of aromatic nitrogens is 1. The van der Waals surface area contributed by atoms with Crippen LogP contribution in [-0.2, 0) is 0 Å². The lowest BCUT2D eigenvalue weighted by molar-refractivity contribution is 0.343. The van der Waals surface area contributed by atoms with Crippen LogP contribution in [-0.4, -0.2) is 4.98 Å². The van der Waals surface area contributed by atoms with Crippen molar-refractivity contribution in [3.63, 3.8) is 0 Å². The lowest BCUT2D eigenvalue weighted by Crippen LogP contribution is -1.82. The van der Waals surface area contributed by atoms with Crippen LogP contribution in [0.1, 0.15) is 0 Å². The standard InChI is InChI=1S/C13H8NO2/c1-2-6-10(7-3-1)15-13-14-11-8-4-5-9-12(11)16-13/h2-9H. The molecule has 0 aliphatic heterocycles. The van der Waals surface area contributed by atoms with E-state index in [1.54, 1.807) is 24.3 Å². The van der Waals surface area contributed by atoms with Gasteiger partial charge >= 0.3 is 6.08 Å². The maximum Gasteiger partial charge on any atom is 0.400 e. The minimum atomic E-state index is 0.257. The van der Waals surface area contributed by atoms with Gasteiger partial charge in [-0.1, -0.05) is 24.3 Å². The lowest BCUT2D eigenvalue weighted by atomic mass is 10.3. The van der Waals surface area contributed by atoms with E-state index in [0.717, 1.165) is 11.1 Å². The Morgan fingerprint density at radius 3 is 2.69 bits per heavy atom. The minimum absolute atomic E-state index is 0.257. The molecule has 0 bridgehead atoms. The summed E-state index contributed by atoms with van der Waals surface area (Å²) >= 11 is 0. The topological polar surface area (TPSA) is 35.3 Å². The second kappa shape index (κ2) is 3.70. The van der Waals surface area contributed by atoms with Crippen LogP contribution in [0.15, 0.2) is 52.9 Å². The number of benzene rings is 2. The van der Waals surface area contributed by atoms with Gasteiger partial charge in [0, 0.05) is 0 Å². The third-order valence-corrected chi connectivity index (χ3v) is 2.17. The van der Waals surface area contributed by atoms with Crippen LogP contribution in [0.3, 0.4) is 0 Å². The molecule has 0 aliphatic carbocycles. The smallest absolute Gasteiger partial charge is 0.400 e. The molecule has 0 saturated heterocycles. The molecule has 0 N–H and O–H groups in total. The molecule has 3 rings (SSSR count). The summed E-state index contributed by atoms with van der Waals surface area (Å²) in [7, 11) is 0. The first-order valence-corrected chi connectivity index (χ1v) is 4.91. The van der Waals surface area contributed by atoms with Crippen LogP contribution in [0.4, 0.5) is 0 Å². The predicted molar refractivity (Wildman–Crippen MR) is 59.4 cm³/mol.